The van der Waals surface area contributed by atoms with E-state index in [1.807, 2.05) is 35.2 Å². The fourth-order valence-electron chi connectivity index (χ4n) is 4.81. The quantitative estimate of drug-likeness (QED) is 0.661. The van der Waals surface area contributed by atoms with E-state index in [-0.39, 0.29) is 42.3 Å². The zero-order chi connectivity index (χ0) is 20.4. The average Bonchev–Trinajstić information content (AvgIpc) is 2.71. The number of nitrogens with zero attached hydrogens (tertiary/aromatic N) is 1. The molecule has 0 aromatic heterocycles. The molecule has 2 unspecified atom stereocenters. The standard InChI is InChI=1S/C24H26FNO3/c1-16-12-19(25)10-11-22(16)23(27)18-13-20-8-5-9-21(14-18)26(20)24(28)29-15-17-6-3-2-4-7-17/h2-4,6-7,10-12,18,20-21H,5,8-9,13-15H2,1H3. The van der Waals surface area contributed by atoms with Crippen LogP contribution in [0.3, 0.4) is 0 Å². The number of hydrogen-bond donors (Lipinski definition) is 0. The smallest absolute Gasteiger partial charge is 0.410 e. The van der Waals surface area contributed by atoms with E-state index in [1.165, 1.54) is 12.1 Å². The maximum absolute atomic E-state index is 13.4. The van der Waals surface area contributed by atoms with Crippen LogP contribution in [0.5, 0.6) is 0 Å². The van der Waals surface area contributed by atoms with Crippen molar-refractivity contribution in [2.45, 2.75) is 57.7 Å². The predicted octanol–water partition coefficient (Wildman–Crippen LogP) is 5.29. The van der Waals surface area contributed by atoms with Gasteiger partial charge in [-0.25, -0.2) is 9.18 Å². The predicted molar refractivity (Wildman–Crippen MR) is 108 cm³/mol. The van der Waals surface area contributed by atoms with Crippen molar-refractivity contribution < 1.29 is 18.7 Å². The van der Waals surface area contributed by atoms with Gasteiger partial charge in [-0.2, -0.15) is 0 Å². The van der Waals surface area contributed by atoms with Gasteiger partial charge >= 0.3 is 6.09 Å². The highest BCUT2D eigenvalue weighted by molar-refractivity contribution is 5.99. The largest absolute Gasteiger partial charge is 0.445 e. The molecule has 2 aromatic carbocycles. The summed E-state index contributed by atoms with van der Waals surface area (Å²) < 4.78 is 19.0. The lowest BCUT2D eigenvalue weighted by Crippen LogP contribution is -2.55. The average molecular weight is 395 g/mol. The number of ether oxygens (including phenoxy) is 1. The van der Waals surface area contributed by atoms with Crippen molar-refractivity contribution >= 4 is 11.9 Å². The molecule has 0 saturated carbocycles. The molecule has 2 saturated heterocycles. The van der Waals surface area contributed by atoms with E-state index in [9.17, 15) is 14.0 Å². The Hall–Kier alpha value is -2.69. The number of hydrogen-bond acceptors (Lipinski definition) is 3. The molecule has 0 N–H and O–H groups in total. The van der Waals surface area contributed by atoms with E-state index in [1.54, 1.807) is 13.0 Å². The number of rotatable bonds is 4. The second-order valence-electron chi connectivity index (χ2n) is 8.18. The van der Waals surface area contributed by atoms with Crippen LogP contribution in [0.25, 0.3) is 0 Å². The van der Waals surface area contributed by atoms with E-state index >= 15 is 0 Å². The number of carbonyl (C=O) groups is 2. The first-order valence-electron chi connectivity index (χ1n) is 10.3. The Kier molecular flexibility index (Phi) is 5.65. The van der Waals surface area contributed by atoms with Gasteiger partial charge in [-0.3, -0.25) is 4.79 Å². The Morgan fingerprint density at radius 3 is 2.41 bits per heavy atom. The SMILES string of the molecule is Cc1cc(F)ccc1C(=O)C1CC2CCCC(C1)N2C(=O)OCc1ccccc1. The number of halogens is 1. The topological polar surface area (TPSA) is 46.6 Å². The summed E-state index contributed by atoms with van der Waals surface area (Å²) in [7, 11) is 0. The Balaban J connectivity index is 1.44. The van der Waals surface area contributed by atoms with Gasteiger partial charge in [-0.15, -0.1) is 0 Å². The van der Waals surface area contributed by atoms with Crippen molar-refractivity contribution in [3.05, 3.63) is 71.0 Å². The van der Waals surface area contributed by atoms with E-state index in [0.29, 0.717) is 24.0 Å². The molecule has 5 heteroatoms. The maximum Gasteiger partial charge on any atom is 0.410 e. The molecule has 2 heterocycles. The molecule has 0 spiro atoms. The third-order valence-electron chi connectivity index (χ3n) is 6.22. The van der Waals surface area contributed by atoms with E-state index in [2.05, 4.69) is 0 Å². The normalized spacial score (nSPS) is 23.5. The Labute approximate surface area is 170 Å². The van der Waals surface area contributed by atoms with Gasteiger partial charge in [-0.1, -0.05) is 30.3 Å². The molecule has 29 heavy (non-hydrogen) atoms. The third-order valence-corrected chi connectivity index (χ3v) is 6.22. The van der Waals surface area contributed by atoms with Crippen LogP contribution in [-0.2, 0) is 11.3 Å². The molecule has 4 rings (SSSR count). The number of benzene rings is 2. The number of amides is 1. The first-order valence-corrected chi connectivity index (χ1v) is 10.3. The van der Waals surface area contributed by atoms with Gasteiger partial charge in [-0.05, 0) is 68.4 Å². The molecule has 0 aliphatic carbocycles. The molecule has 2 fully saturated rings. The van der Waals surface area contributed by atoms with Crippen molar-refractivity contribution in [3.63, 3.8) is 0 Å². The van der Waals surface area contributed by atoms with Crippen LogP contribution in [0.2, 0.25) is 0 Å². The Morgan fingerprint density at radius 1 is 1.07 bits per heavy atom. The molecular weight excluding hydrogens is 369 g/mol. The molecular formula is C24H26FNO3. The first-order chi connectivity index (χ1) is 14.0. The molecule has 1 amide bonds. The zero-order valence-electron chi connectivity index (χ0n) is 16.6. The van der Waals surface area contributed by atoms with Crippen LogP contribution in [0.1, 0.15) is 53.6 Å². The monoisotopic (exact) mass is 395 g/mol. The van der Waals surface area contributed by atoms with E-state index in [4.69, 9.17) is 4.74 Å². The molecule has 2 bridgehead atoms. The van der Waals surface area contributed by atoms with Crippen LogP contribution in [0.4, 0.5) is 9.18 Å². The summed E-state index contributed by atoms with van der Waals surface area (Å²) in [5.41, 5.74) is 2.22. The summed E-state index contributed by atoms with van der Waals surface area (Å²) in [6.45, 7) is 2.03. The van der Waals surface area contributed by atoms with Gasteiger partial charge in [0, 0.05) is 23.6 Å². The molecule has 0 radical (unpaired) electrons. The lowest BCUT2D eigenvalue weighted by Gasteiger charge is -2.47. The summed E-state index contributed by atoms with van der Waals surface area (Å²) in [5.74, 6) is -0.392. The van der Waals surface area contributed by atoms with Crippen LogP contribution in [0.15, 0.2) is 48.5 Å². The molecule has 2 atom stereocenters. The van der Waals surface area contributed by atoms with Gasteiger partial charge in [0.25, 0.3) is 0 Å². The van der Waals surface area contributed by atoms with Crippen LogP contribution >= 0.6 is 0 Å². The molecule has 152 valence electrons. The lowest BCUT2D eigenvalue weighted by molar-refractivity contribution is 0.00471. The molecule has 4 nitrogen and oxygen atoms in total. The maximum atomic E-state index is 13.4. The van der Waals surface area contributed by atoms with Gasteiger partial charge in [0.1, 0.15) is 12.4 Å². The van der Waals surface area contributed by atoms with Crippen molar-refractivity contribution in [2.75, 3.05) is 0 Å². The van der Waals surface area contributed by atoms with Gasteiger partial charge in [0.05, 0.1) is 0 Å². The van der Waals surface area contributed by atoms with Gasteiger partial charge in [0.2, 0.25) is 0 Å². The second kappa shape index (κ2) is 8.36. The highest BCUT2D eigenvalue weighted by atomic mass is 19.1. The summed E-state index contributed by atoms with van der Waals surface area (Å²) in [5, 5.41) is 0. The second-order valence-corrected chi connectivity index (χ2v) is 8.18. The molecule has 2 aliphatic rings. The van der Waals surface area contributed by atoms with Crippen LogP contribution < -0.4 is 0 Å². The van der Waals surface area contributed by atoms with Crippen LogP contribution in [0, 0.1) is 18.7 Å². The number of carbonyl (C=O) groups excluding carboxylic acids is 2. The first kappa shape index (κ1) is 19.6. The van der Waals surface area contributed by atoms with Gasteiger partial charge < -0.3 is 9.64 Å². The Morgan fingerprint density at radius 2 is 1.76 bits per heavy atom. The van der Waals surface area contributed by atoms with E-state index in [0.717, 1.165) is 24.8 Å². The fraction of sp³-hybridized carbons (Fsp3) is 0.417. The summed E-state index contributed by atoms with van der Waals surface area (Å²) in [6.07, 6.45) is 3.85. The zero-order valence-corrected chi connectivity index (χ0v) is 16.6. The molecule has 2 aromatic rings. The number of fused-ring (bicyclic) bond motifs is 2. The highest BCUT2D eigenvalue weighted by Crippen LogP contribution is 2.39. The summed E-state index contributed by atoms with van der Waals surface area (Å²) in [6, 6.07) is 14.0. The number of aryl methyl sites for hydroxylation is 1. The fourth-order valence-corrected chi connectivity index (χ4v) is 4.81. The summed E-state index contributed by atoms with van der Waals surface area (Å²) in [4.78, 5) is 27.8. The number of ketones is 1. The third kappa shape index (κ3) is 4.19. The minimum Gasteiger partial charge on any atom is -0.445 e. The van der Waals surface area contributed by atoms with Crippen molar-refractivity contribution in [3.8, 4) is 0 Å². The van der Waals surface area contributed by atoms with Crippen molar-refractivity contribution in [1.82, 2.24) is 4.90 Å². The number of piperidine rings is 2. The Bertz CT molecular complexity index is 884. The minimum atomic E-state index is -0.327. The highest BCUT2D eigenvalue weighted by Gasteiger charge is 2.43. The summed E-state index contributed by atoms with van der Waals surface area (Å²) >= 11 is 0. The van der Waals surface area contributed by atoms with Crippen molar-refractivity contribution in [1.29, 1.82) is 0 Å². The van der Waals surface area contributed by atoms with Gasteiger partial charge in [0.15, 0.2) is 5.78 Å². The minimum absolute atomic E-state index is 0.0282. The van der Waals surface area contributed by atoms with E-state index < -0.39 is 0 Å². The van der Waals surface area contributed by atoms with Crippen LogP contribution in [-0.4, -0.2) is 28.9 Å². The lowest BCUT2D eigenvalue weighted by atomic mass is 9.75. The number of Topliss-reactive ketones (excluding diaryl/α,β-unsaturated/α-hetero) is 1. The molecule has 2 aliphatic heterocycles. The van der Waals surface area contributed by atoms with Crippen molar-refractivity contribution in [2.24, 2.45) is 5.92 Å².